The lowest BCUT2D eigenvalue weighted by molar-refractivity contribution is -0.131. The van der Waals surface area contributed by atoms with E-state index in [2.05, 4.69) is 46.8 Å². The fourth-order valence-corrected chi connectivity index (χ4v) is 3.25. The van der Waals surface area contributed by atoms with Gasteiger partial charge in [-0.2, -0.15) is 0 Å². The number of ether oxygens (including phenoxy) is 1. The molecule has 35 heavy (non-hydrogen) atoms. The summed E-state index contributed by atoms with van der Waals surface area (Å²) in [5, 5.41) is 8.74. The van der Waals surface area contributed by atoms with Crippen molar-refractivity contribution in [1.82, 2.24) is 0 Å². The normalized spacial score (nSPS) is 13.5. The third-order valence-electron chi connectivity index (χ3n) is 5.74. The van der Waals surface area contributed by atoms with E-state index in [-0.39, 0.29) is 0 Å². The first-order valence-corrected chi connectivity index (χ1v) is 13.6. The summed E-state index contributed by atoms with van der Waals surface area (Å²) in [6.07, 6.45) is 28.8. The van der Waals surface area contributed by atoms with Crippen LogP contribution in [0.15, 0.2) is 60.7 Å². The van der Waals surface area contributed by atoms with Gasteiger partial charge in [-0.25, -0.2) is 4.79 Å². The molecule has 0 amide bonds. The second-order valence-corrected chi connectivity index (χ2v) is 8.96. The maximum atomic E-state index is 10.6. The Bertz CT molecular complexity index is 750. The number of carbonyl (C=O) groups is 1. The minimum Gasteiger partial charge on any atom is -0.478 e. The average Bonchev–Trinajstić information content (AvgIpc) is 2.86. The van der Waals surface area contributed by atoms with Crippen molar-refractivity contribution < 1.29 is 14.6 Å². The Balaban J connectivity index is 0.00000109. The van der Waals surface area contributed by atoms with E-state index in [1.165, 1.54) is 44.9 Å². The fourth-order valence-electron chi connectivity index (χ4n) is 3.25. The summed E-state index contributed by atoms with van der Waals surface area (Å²) in [5.41, 5.74) is 1.90. The van der Waals surface area contributed by atoms with Gasteiger partial charge in [-0.1, -0.05) is 120 Å². The zero-order valence-corrected chi connectivity index (χ0v) is 22.9. The summed E-state index contributed by atoms with van der Waals surface area (Å²) in [6.45, 7) is 10.8. The number of allylic oxidation sites excluding steroid dienone is 5. The SMILES string of the molecule is CCC(C)OC(C)CC.CCCCCCCCCC=CC=CC=Cc1ccccc1C=CC(=O)O. The molecule has 0 spiro atoms. The van der Waals surface area contributed by atoms with Crippen LogP contribution in [0.25, 0.3) is 12.2 Å². The molecule has 0 bridgehead atoms. The van der Waals surface area contributed by atoms with Gasteiger partial charge in [0.1, 0.15) is 0 Å². The maximum Gasteiger partial charge on any atom is 0.328 e. The van der Waals surface area contributed by atoms with E-state index in [0.29, 0.717) is 12.2 Å². The first kappa shape index (κ1) is 32.6. The van der Waals surface area contributed by atoms with Gasteiger partial charge >= 0.3 is 5.97 Å². The number of unbranched alkanes of at least 4 members (excludes halogenated alkanes) is 7. The van der Waals surface area contributed by atoms with Crippen molar-refractivity contribution in [2.24, 2.45) is 0 Å². The molecule has 196 valence electrons. The smallest absolute Gasteiger partial charge is 0.328 e. The molecule has 1 aromatic rings. The number of hydrogen-bond acceptors (Lipinski definition) is 2. The van der Waals surface area contributed by atoms with Gasteiger partial charge in [0.25, 0.3) is 0 Å². The molecule has 0 aliphatic carbocycles. The van der Waals surface area contributed by atoms with Crippen LogP contribution in [0.2, 0.25) is 0 Å². The quantitative estimate of drug-likeness (QED) is 0.136. The van der Waals surface area contributed by atoms with Gasteiger partial charge in [-0.15, -0.1) is 0 Å². The van der Waals surface area contributed by atoms with Gasteiger partial charge in [0.05, 0.1) is 12.2 Å². The van der Waals surface area contributed by atoms with Crippen LogP contribution in [0.4, 0.5) is 0 Å². The summed E-state index contributed by atoms with van der Waals surface area (Å²) in [4.78, 5) is 10.6. The molecule has 0 aromatic heterocycles. The Hall–Kier alpha value is -2.39. The van der Waals surface area contributed by atoms with Crippen molar-refractivity contribution >= 4 is 18.1 Å². The topological polar surface area (TPSA) is 46.5 Å². The molecule has 1 aromatic carbocycles. The number of carboxylic acids is 1. The van der Waals surface area contributed by atoms with Crippen LogP contribution in [-0.4, -0.2) is 23.3 Å². The minimum atomic E-state index is -0.935. The van der Waals surface area contributed by atoms with Crippen molar-refractivity contribution in [3.05, 3.63) is 71.8 Å². The summed E-state index contributed by atoms with van der Waals surface area (Å²) in [6, 6.07) is 7.73. The molecule has 0 fully saturated rings. The largest absolute Gasteiger partial charge is 0.478 e. The fraction of sp³-hybridized carbons (Fsp3) is 0.531. The van der Waals surface area contributed by atoms with Crippen molar-refractivity contribution in [3.8, 4) is 0 Å². The molecule has 2 atom stereocenters. The van der Waals surface area contributed by atoms with Gasteiger partial charge in [0, 0.05) is 6.08 Å². The van der Waals surface area contributed by atoms with Crippen molar-refractivity contribution in [1.29, 1.82) is 0 Å². The third kappa shape index (κ3) is 20.7. The monoisotopic (exact) mass is 482 g/mol. The summed E-state index contributed by atoms with van der Waals surface area (Å²) in [7, 11) is 0. The van der Waals surface area contributed by atoms with Crippen LogP contribution in [0.3, 0.4) is 0 Å². The Morgan fingerprint density at radius 1 is 0.800 bits per heavy atom. The number of hydrogen-bond donors (Lipinski definition) is 1. The lowest BCUT2D eigenvalue weighted by Crippen LogP contribution is -2.14. The summed E-state index contributed by atoms with van der Waals surface area (Å²) >= 11 is 0. The Kier molecular flexibility index (Phi) is 21.8. The molecule has 2 unspecified atom stereocenters. The highest BCUT2D eigenvalue weighted by Crippen LogP contribution is 2.13. The van der Waals surface area contributed by atoms with Crippen molar-refractivity contribution in [2.45, 2.75) is 111 Å². The molecular formula is C32H50O3. The van der Waals surface area contributed by atoms with E-state index < -0.39 is 5.97 Å². The van der Waals surface area contributed by atoms with Crippen LogP contribution in [0.5, 0.6) is 0 Å². The van der Waals surface area contributed by atoms with Crippen molar-refractivity contribution in [3.63, 3.8) is 0 Å². The number of carboxylic acid groups (broad SMARTS) is 1. The van der Waals surface area contributed by atoms with E-state index in [1.54, 1.807) is 6.08 Å². The van der Waals surface area contributed by atoms with E-state index in [0.717, 1.165) is 36.5 Å². The van der Waals surface area contributed by atoms with E-state index >= 15 is 0 Å². The average molecular weight is 483 g/mol. The summed E-state index contributed by atoms with van der Waals surface area (Å²) in [5.74, 6) is -0.935. The molecule has 0 aliphatic heterocycles. The lowest BCUT2D eigenvalue weighted by atomic mass is 10.1. The molecule has 0 radical (unpaired) electrons. The highest BCUT2D eigenvalue weighted by Gasteiger charge is 2.02. The molecule has 1 N–H and O–H groups in total. The Labute approximate surface area is 215 Å². The molecule has 0 aliphatic rings. The lowest BCUT2D eigenvalue weighted by Gasteiger charge is -2.15. The minimum absolute atomic E-state index is 0.431. The first-order chi connectivity index (χ1) is 16.9. The highest BCUT2D eigenvalue weighted by molar-refractivity contribution is 5.86. The van der Waals surface area contributed by atoms with E-state index in [1.807, 2.05) is 48.6 Å². The van der Waals surface area contributed by atoms with Gasteiger partial charge in [-0.05, 0) is 56.7 Å². The Morgan fingerprint density at radius 2 is 1.34 bits per heavy atom. The van der Waals surface area contributed by atoms with Crippen LogP contribution in [0, 0.1) is 0 Å². The number of benzene rings is 1. The molecular weight excluding hydrogens is 432 g/mol. The van der Waals surface area contributed by atoms with Gasteiger partial charge in [0.15, 0.2) is 0 Å². The Morgan fingerprint density at radius 3 is 1.91 bits per heavy atom. The second kappa shape index (κ2) is 23.4. The standard InChI is InChI=1S/C24H32O2.C8H18O/c1-2-3-4-5-6-7-8-9-10-11-12-13-14-17-22-18-15-16-19-23(22)20-21-24(25)26;1-5-7(3)9-8(4)6-2/h10-21H,2-9H2,1H3,(H,25,26);7-8H,5-6H2,1-4H3. The van der Waals surface area contributed by atoms with Crippen LogP contribution in [-0.2, 0) is 9.53 Å². The highest BCUT2D eigenvalue weighted by atomic mass is 16.5. The van der Waals surface area contributed by atoms with Gasteiger partial charge in [0.2, 0.25) is 0 Å². The van der Waals surface area contributed by atoms with Crippen molar-refractivity contribution in [2.75, 3.05) is 0 Å². The zero-order chi connectivity index (χ0) is 26.2. The number of rotatable bonds is 17. The first-order valence-electron chi connectivity index (χ1n) is 13.6. The zero-order valence-electron chi connectivity index (χ0n) is 22.9. The molecule has 1 rings (SSSR count). The van der Waals surface area contributed by atoms with Crippen LogP contribution >= 0.6 is 0 Å². The predicted octanol–water partition coefficient (Wildman–Crippen LogP) is 9.65. The third-order valence-corrected chi connectivity index (χ3v) is 5.74. The number of aliphatic carboxylic acids is 1. The van der Waals surface area contributed by atoms with Crippen LogP contribution in [0.1, 0.15) is 110 Å². The van der Waals surface area contributed by atoms with Crippen LogP contribution < -0.4 is 0 Å². The molecule has 0 saturated heterocycles. The molecule has 3 heteroatoms. The van der Waals surface area contributed by atoms with E-state index in [9.17, 15) is 4.79 Å². The van der Waals surface area contributed by atoms with Gasteiger partial charge in [-0.3, -0.25) is 0 Å². The maximum absolute atomic E-state index is 10.6. The molecule has 0 heterocycles. The molecule has 0 saturated carbocycles. The summed E-state index contributed by atoms with van der Waals surface area (Å²) < 4.78 is 5.55. The second-order valence-electron chi connectivity index (χ2n) is 8.96. The van der Waals surface area contributed by atoms with Gasteiger partial charge < -0.3 is 9.84 Å². The predicted molar refractivity (Wildman–Crippen MR) is 154 cm³/mol. The molecule has 3 nitrogen and oxygen atoms in total. The van der Waals surface area contributed by atoms with E-state index in [4.69, 9.17) is 9.84 Å².